The summed E-state index contributed by atoms with van der Waals surface area (Å²) < 4.78 is 0. The van der Waals surface area contributed by atoms with Crippen molar-refractivity contribution in [1.82, 2.24) is 0 Å². The average Bonchev–Trinajstić information content (AvgIpc) is 2.19. The first-order chi connectivity index (χ1) is 7.11. The first-order valence-electron chi connectivity index (χ1n) is 5.21. The van der Waals surface area contributed by atoms with E-state index in [1.54, 1.807) is 0 Å². The lowest BCUT2D eigenvalue weighted by atomic mass is 9.85. The molecule has 0 saturated heterocycles. The third-order valence-electron chi connectivity index (χ3n) is 2.57. The molecule has 88 valence electrons. The molecule has 1 nitrogen and oxygen atoms in total. The molecule has 1 aromatic rings. The van der Waals surface area contributed by atoms with Crippen molar-refractivity contribution >= 4 is 24.0 Å². The molecule has 1 aromatic carbocycles. The van der Waals surface area contributed by atoms with Crippen molar-refractivity contribution in [1.29, 1.82) is 0 Å². The Morgan fingerprint density at radius 2 is 1.88 bits per heavy atom. The zero-order valence-corrected chi connectivity index (χ0v) is 12.1. The van der Waals surface area contributed by atoms with Crippen LogP contribution in [0.4, 0.5) is 0 Å². The van der Waals surface area contributed by atoms with Gasteiger partial charge in [-0.1, -0.05) is 36.4 Å². The Morgan fingerprint density at radius 1 is 1.25 bits per heavy atom. The number of nitrogens with two attached hydrogens (primary N) is 1. The molecule has 0 saturated carbocycles. The van der Waals surface area contributed by atoms with Crippen LogP contribution in [-0.2, 0) is 12.0 Å². The molecule has 2 N–H and O–H groups in total. The van der Waals surface area contributed by atoms with Crippen LogP contribution in [0.25, 0.3) is 0 Å². The van der Waals surface area contributed by atoms with Crippen molar-refractivity contribution in [3.8, 4) is 0 Å². The Bertz CT molecular complexity index is 356. The van der Waals surface area contributed by atoms with Crippen LogP contribution in [-0.4, -0.2) is 0 Å². The maximum absolute atomic E-state index is 6.27. The van der Waals surface area contributed by atoms with Gasteiger partial charge in [0.1, 0.15) is 0 Å². The van der Waals surface area contributed by atoms with E-state index in [0.717, 1.165) is 12.8 Å². The maximum Gasteiger partial charge on any atom is 0.0418 e. The second kappa shape index (κ2) is 6.86. The smallest absolute Gasteiger partial charge is 0.0418 e. The van der Waals surface area contributed by atoms with Gasteiger partial charge in [0, 0.05) is 5.54 Å². The molecule has 0 spiro atoms. The van der Waals surface area contributed by atoms with E-state index in [-0.39, 0.29) is 29.5 Å². The molecule has 0 bridgehead atoms. The molecule has 0 aliphatic heterocycles. The lowest BCUT2D eigenvalue weighted by Gasteiger charge is -2.26. The number of allylic oxidation sites excluding steroid dienone is 1. The molecule has 0 radical (unpaired) electrons. The fourth-order valence-corrected chi connectivity index (χ4v) is 1.82. The van der Waals surface area contributed by atoms with Gasteiger partial charge in [0.15, 0.2) is 0 Å². The minimum atomic E-state index is -0.332. The van der Waals surface area contributed by atoms with Crippen LogP contribution in [0.2, 0.25) is 0 Å². The van der Waals surface area contributed by atoms with E-state index in [2.05, 4.69) is 25.3 Å². The molecule has 0 aliphatic rings. The van der Waals surface area contributed by atoms with E-state index in [0.29, 0.717) is 0 Å². The minimum Gasteiger partial charge on any atom is -0.321 e. The Hall–Kier alpha value is -0.610. The largest absolute Gasteiger partial charge is 0.321 e. The second-order valence-electron chi connectivity index (χ2n) is 4.06. The Morgan fingerprint density at radius 3 is 2.44 bits per heavy atom. The van der Waals surface area contributed by atoms with Crippen molar-refractivity contribution in [2.45, 2.75) is 25.3 Å². The topological polar surface area (TPSA) is 26.0 Å². The lowest BCUT2D eigenvalue weighted by Crippen LogP contribution is -2.33. The predicted octanol–water partition coefficient (Wildman–Crippen LogP) is 3.78. The molecule has 0 fully saturated rings. The van der Waals surface area contributed by atoms with E-state index in [9.17, 15) is 0 Å². The highest BCUT2D eigenvalue weighted by Crippen LogP contribution is 2.25. The SMILES string of the molecule is C=CCc1ccccc1C(C)(N)CC=C.I. The Labute approximate surface area is 115 Å². The average molecular weight is 329 g/mol. The van der Waals surface area contributed by atoms with Gasteiger partial charge in [-0.15, -0.1) is 37.1 Å². The van der Waals surface area contributed by atoms with Crippen molar-refractivity contribution < 1.29 is 0 Å². The molecule has 0 amide bonds. The number of halogens is 1. The van der Waals surface area contributed by atoms with E-state index in [1.807, 2.05) is 31.2 Å². The van der Waals surface area contributed by atoms with Crippen LogP contribution in [0.3, 0.4) is 0 Å². The third kappa shape index (κ3) is 3.76. The van der Waals surface area contributed by atoms with Gasteiger partial charge in [0.2, 0.25) is 0 Å². The summed E-state index contributed by atoms with van der Waals surface area (Å²) in [6.07, 6.45) is 5.41. The Kier molecular flexibility index (Phi) is 6.60. The quantitative estimate of drug-likeness (QED) is 0.646. The maximum atomic E-state index is 6.27. The first-order valence-corrected chi connectivity index (χ1v) is 5.21. The number of hydrogen-bond acceptors (Lipinski definition) is 1. The van der Waals surface area contributed by atoms with E-state index in [1.165, 1.54) is 11.1 Å². The molecule has 1 unspecified atom stereocenters. The molecule has 0 heterocycles. The first kappa shape index (κ1) is 15.4. The van der Waals surface area contributed by atoms with Crippen molar-refractivity contribution in [3.05, 3.63) is 60.7 Å². The van der Waals surface area contributed by atoms with Crippen LogP contribution in [0.1, 0.15) is 24.5 Å². The molecule has 16 heavy (non-hydrogen) atoms. The molecule has 1 rings (SSSR count). The van der Waals surface area contributed by atoms with Gasteiger partial charge in [-0.2, -0.15) is 0 Å². The van der Waals surface area contributed by atoms with Gasteiger partial charge in [-0.05, 0) is 30.9 Å². The van der Waals surface area contributed by atoms with E-state index < -0.39 is 0 Å². The second-order valence-corrected chi connectivity index (χ2v) is 4.06. The van der Waals surface area contributed by atoms with Gasteiger partial charge >= 0.3 is 0 Å². The number of rotatable bonds is 5. The van der Waals surface area contributed by atoms with Gasteiger partial charge in [0.25, 0.3) is 0 Å². The summed E-state index contributed by atoms with van der Waals surface area (Å²) in [5.74, 6) is 0. The van der Waals surface area contributed by atoms with Crippen LogP contribution >= 0.6 is 24.0 Å². The summed E-state index contributed by atoms with van der Waals surface area (Å²) >= 11 is 0. The molecule has 1 atom stereocenters. The molecule has 2 heteroatoms. The lowest BCUT2D eigenvalue weighted by molar-refractivity contribution is 0.498. The fourth-order valence-electron chi connectivity index (χ4n) is 1.82. The zero-order chi connectivity index (χ0) is 11.3. The molecular formula is C14H20IN. The van der Waals surface area contributed by atoms with E-state index in [4.69, 9.17) is 5.73 Å². The monoisotopic (exact) mass is 329 g/mol. The highest BCUT2D eigenvalue weighted by atomic mass is 127. The Balaban J connectivity index is 0.00000225. The minimum absolute atomic E-state index is 0. The highest BCUT2D eigenvalue weighted by Gasteiger charge is 2.21. The van der Waals surface area contributed by atoms with Crippen LogP contribution in [0, 0.1) is 0 Å². The molecule has 0 aromatic heterocycles. The number of benzene rings is 1. The van der Waals surface area contributed by atoms with Crippen LogP contribution < -0.4 is 5.73 Å². The normalized spacial score (nSPS) is 13.4. The van der Waals surface area contributed by atoms with Crippen molar-refractivity contribution in [2.75, 3.05) is 0 Å². The summed E-state index contributed by atoms with van der Waals surface area (Å²) in [5, 5.41) is 0. The summed E-state index contributed by atoms with van der Waals surface area (Å²) in [4.78, 5) is 0. The van der Waals surface area contributed by atoms with Crippen LogP contribution in [0.15, 0.2) is 49.6 Å². The highest BCUT2D eigenvalue weighted by molar-refractivity contribution is 14.0. The van der Waals surface area contributed by atoms with Crippen molar-refractivity contribution in [2.24, 2.45) is 5.73 Å². The summed E-state index contributed by atoms with van der Waals surface area (Å²) in [5.41, 5.74) is 8.38. The van der Waals surface area contributed by atoms with Gasteiger partial charge in [0.05, 0.1) is 0 Å². The standard InChI is InChI=1S/C14H19N.HI/c1-4-8-12-9-6-7-10-13(12)14(3,15)11-5-2;/h4-7,9-10H,1-2,8,11,15H2,3H3;1H. The third-order valence-corrected chi connectivity index (χ3v) is 2.57. The fraction of sp³-hybridized carbons (Fsp3) is 0.286. The van der Waals surface area contributed by atoms with E-state index >= 15 is 0 Å². The number of hydrogen-bond donors (Lipinski definition) is 1. The molecule has 0 aliphatic carbocycles. The van der Waals surface area contributed by atoms with Gasteiger partial charge in [-0.3, -0.25) is 0 Å². The van der Waals surface area contributed by atoms with Gasteiger partial charge in [-0.25, -0.2) is 0 Å². The van der Waals surface area contributed by atoms with Crippen molar-refractivity contribution in [3.63, 3.8) is 0 Å². The summed E-state index contributed by atoms with van der Waals surface area (Å²) in [6.45, 7) is 9.55. The van der Waals surface area contributed by atoms with Gasteiger partial charge < -0.3 is 5.73 Å². The predicted molar refractivity (Wildman–Crippen MR) is 82.1 cm³/mol. The van der Waals surface area contributed by atoms with Crippen LogP contribution in [0.5, 0.6) is 0 Å². The molecular weight excluding hydrogens is 309 g/mol. The summed E-state index contributed by atoms with van der Waals surface area (Å²) in [7, 11) is 0. The summed E-state index contributed by atoms with van der Waals surface area (Å²) in [6, 6.07) is 8.25. The zero-order valence-electron chi connectivity index (χ0n) is 9.78.